The van der Waals surface area contributed by atoms with Gasteiger partial charge in [0.2, 0.25) is 23.6 Å². The minimum atomic E-state index is -1.41. The maximum absolute atomic E-state index is 12.5. The molecular formula is C19H31N7O6. The highest BCUT2D eigenvalue weighted by Crippen LogP contribution is 2.06. The minimum absolute atomic E-state index is 0.0261. The van der Waals surface area contributed by atoms with Crippen molar-refractivity contribution in [1.29, 1.82) is 0 Å². The van der Waals surface area contributed by atoms with Crippen LogP contribution in [0.15, 0.2) is 12.5 Å². The molecule has 1 aromatic rings. The van der Waals surface area contributed by atoms with Gasteiger partial charge in [-0.2, -0.15) is 0 Å². The predicted molar refractivity (Wildman–Crippen MR) is 113 cm³/mol. The van der Waals surface area contributed by atoms with Gasteiger partial charge in [-0.25, -0.2) is 9.78 Å². The van der Waals surface area contributed by atoms with E-state index in [0.717, 1.165) is 0 Å². The molecule has 32 heavy (non-hydrogen) atoms. The zero-order valence-electron chi connectivity index (χ0n) is 18.3. The lowest BCUT2D eigenvalue weighted by Crippen LogP contribution is -2.57. The summed E-state index contributed by atoms with van der Waals surface area (Å²) in [7, 11) is 0. The lowest BCUT2D eigenvalue weighted by atomic mass is 10.0. The van der Waals surface area contributed by atoms with Crippen LogP contribution in [-0.4, -0.2) is 68.8 Å². The zero-order valence-corrected chi connectivity index (χ0v) is 18.3. The number of nitrogens with one attached hydrogen (secondary N) is 4. The van der Waals surface area contributed by atoms with Crippen molar-refractivity contribution in [3.05, 3.63) is 18.2 Å². The zero-order chi connectivity index (χ0) is 24.4. The van der Waals surface area contributed by atoms with Gasteiger partial charge in [0.1, 0.15) is 18.1 Å². The van der Waals surface area contributed by atoms with E-state index in [0.29, 0.717) is 5.69 Å². The summed E-state index contributed by atoms with van der Waals surface area (Å²) < 4.78 is 0. The fourth-order valence-corrected chi connectivity index (χ4v) is 2.78. The number of aliphatic carboxylic acids is 1. The molecule has 4 atom stereocenters. The van der Waals surface area contributed by atoms with E-state index in [1.807, 2.05) is 0 Å². The Bertz CT molecular complexity index is 811. The molecule has 0 aliphatic rings. The van der Waals surface area contributed by atoms with Gasteiger partial charge in [-0.05, 0) is 19.3 Å². The van der Waals surface area contributed by atoms with Gasteiger partial charge in [-0.1, -0.05) is 13.8 Å². The van der Waals surface area contributed by atoms with Crippen LogP contribution >= 0.6 is 0 Å². The first kappa shape index (κ1) is 26.6. The monoisotopic (exact) mass is 453 g/mol. The molecule has 0 bridgehead atoms. The van der Waals surface area contributed by atoms with E-state index in [1.54, 1.807) is 13.8 Å². The molecule has 13 heteroatoms. The molecule has 0 aliphatic heterocycles. The molecule has 0 saturated heterocycles. The quantitative estimate of drug-likeness (QED) is 0.172. The van der Waals surface area contributed by atoms with Crippen molar-refractivity contribution in [2.75, 3.05) is 0 Å². The lowest BCUT2D eigenvalue weighted by Gasteiger charge is -2.23. The smallest absolute Gasteiger partial charge is 0.326 e. The number of hydrogen-bond donors (Lipinski definition) is 7. The second kappa shape index (κ2) is 12.4. The van der Waals surface area contributed by atoms with Gasteiger partial charge in [-0.3, -0.25) is 19.2 Å². The summed E-state index contributed by atoms with van der Waals surface area (Å²) in [6.45, 7) is 4.94. The number of primary amides is 1. The van der Waals surface area contributed by atoms with E-state index in [9.17, 15) is 29.1 Å². The van der Waals surface area contributed by atoms with Crippen LogP contribution in [0.3, 0.4) is 0 Å². The summed E-state index contributed by atoms with van der Waals surface area (Å²) >= 11 is 0. The second-order valence-electron chi connectivity index (χ2n) is 7.88. The SMILES string of the molecule is CC(C)CC(NC(=O)C(CC(N)=O)NC(=O)C(C)NC(=O)C(N)Cc1cnc[nH]1)C(=O)O. The Morgan fingerprint density at radius 3 is 2.16 bits per heavy atom. The molecule has 1 heterocycles. The van der Waals surface area contributed by atoms with Crippen LogP contribution in [0.4, 0.5) is 0 Å². The molecule has 0 saturated carbocycles. The van der Waals surface area contributed by atoms with Gasteiger partial charge < -0.3 is 37.5 Å². The minimum Gasteiger partial charge on any atom is -0.480 e. The highest BCUT2D eigenvalue weighted by atomic mass is 16.4. The third kappa shape index (κ3) is 9.12. The van der Waals surface area contributed by atoms with Crippen molar-refractivity contribution < 1.29 is 29.1 Å². The van der Waals surface area contributed by atoms with Crippen molar-refractivity contribution in [2.24, 2.45) is 17.4 Å². The Morgan fingerprint density at radius 1 is 1.03 bits per heavy atom. The molecule has 13 nitrogen and oxygen atoms in total. The van der Waals surface area contributed by atoms with Gasteiger partial charge in [0.05, 0.1) is 18.8 Å². The molecule has 4 amide bonds. The maximum Gasteiger partial charge on any atom is 0.326 e. The topological polar surface area (TPSA) is 222 Å². The number of rotatable bonds is 13. The molecule has 0 fully saturated rings. The molecule has 1 rings (SSSR count). The molecule has 178 valence electrons. The molecule has 0 aliphatic carbocycles. The summed E-state index contributed by atoms with van der Waals surface area (Å²) in [4.78, 5) is 66.6. The number of aromatic nitrogens is 2. The number of hydrogen-bond acceptors (Lipinski definition) is 7. The van der Waals surface area contributed by atoms with Gasteiger partial charge in [0.15, 0.2) is 0 Å². The number of carboxylic acids is 1. The van der Waals surface area contributed by atoms with Crippen molar-refractivity contribution in [1.82, 2.24) is 25.9 Å². The molecular weight excluding hydrogens is 422 g/mol. The van der Waals surface area contributed by atoms with E-state index in [4.69, 9.17) is 11.5 Å². The van der Waals surface area contributed by atoms with Crippen LogP contribution in [0, 0.1) is 5.92 Å². The first-order valence-electron chi connectivity index (χ1n) is 10.1. The van der Waals surface area contributed by atoms with Crippen LogP contribution in [0.25, 0.3) is 0 Å². The number of H-pyrrole nitrogens is 1. The number of carbonyl (C=O) groups excluding carboxylic acids is 4. The van der Waals surface area contributed by atoms with E-state index >= 15 is 0 Å². The Hall–Kier alpha value is -3.48. The van der Waals surface area contributed by atoms with Crippen LogP contribution in [-0.2, 0) is 30.4 Å². The third-order valence-corrected chi connectivity index (χ3v) is 4.44. The fraction of sp³-hybridized carbons (Fsp3) is 0.579. The van der Waals surface area contributed by atoms with Crippen LogP contribution in [0.1, 0.15) is 39.3 Å². The number of aromatic amines is 1. The van der Waals surface area contributed by atoms with Crippen LogP contribution < -0.4 is 27.4 Å². The first-order valence-corrected chi connectivity index (χ1v) is 10.1. The molecule has 9 N–H and O–H groups in total. The average molecular weight is 454 g/mol. The molecule has 1 aromatic heterocycles. The summed E-state index contributed by atoms with van der Waals surface area (Å²) in [6, 6.07) is -4.66. The lowest BCUT2D eigenvalue weighted by molar-refractivity contribution is -0.143. The van der Waals surface area contributed by atoms with Gasteiger partial charge in [0, 0.05) is 18.3 Å². The normalized spacial score (nSPS) is 14.7. The number of carboxylic acid groups (broad SMARTS) is 1. The van der Waals surface area contributed by atoms with Gasteiger partial charge >= 0.3 is 5.97 Å². The molecule has 0 spiro atoms. The van der Waals surface area contributed by atoms with Crippen molar-refractivity contribution in [2.45, 2.75) is 64.2 Å². The standard InChI is InChI=1S/C19H31N7O6/c1-9(2)4-14(19(31)32)26-18(30)13(6-15(21)27)25-16(28)10(3)24-17(29)12(20)5-11-7-22-8-23-11/h7-10,12-14H,4-6,20H2,1-3H3,(H2,21,27)(H,22,23)(H,24,29)(H,25,28)(H,26,30)(H,31,32). The third-order valence-electron chi connectivity index (χ3n) is 4.44. The van der Waals surface area contributed by atoms with E-state index in [-0.39, 0.29) is 18.8 Å². The van der Waals surface area contributed by atoms with E-state index in [1.165, 1.54) is 19.4 Å². The number of nitrogens with two attached hydrogens (primary N) is 2. The number of imidazole rings is 1. The number of carbonyl (C=O) groups is 5. The Kier molecular flexibility index (Phi) is 10.3. The highest BCUT2D eigenvalue weighted by molar-refractivity contribution is 5.95. The first-order chi connectivity index (χ1) is 14.9. The summed E-state index contributed by atoms with van der Waals surface area (Å²) in [5.41, 5.74) is 11.6. The Balaban J connectivity index is 2.74. The van der Waals surface area contributed by atoms with Crippen molar-refractivity contribution in [3.63, 3.8) is 0 Å². The fourth-order valence-electron chi connectivity index (χ4n) is 2.78. The van der Waals surface area contributed by atoms with E-state index < -0.39 is 60.2 Å². The Labute approximate surface area is 185 Å². The predicted octanol–water partition coefficient (Wildman–Crippen LogP) is -2.24. The van der Waals surface area contributed by atoms with Crippen molar-refractivity contribution >= 4 is 29.6 Å². The second-order valence-corrected chi connectivity index (χ2v) is 7.88. The molecule has 4 unspecified atom stereocenters. The largest absolute Gasteiger partial charge is 0.480 e. The Morgan fingerprint density at radius 2 is 1.66 bits per heavy atom. The van der Waals surface area contributed by atoms with Crippen molar-refractivity contribution in [3.8, 4) is 0 Å². The van der Waals surface area contributed by atoms with Gasteiger partial charge in [-0.15, -0.1) is 0 Å². The van der Waals surface area contributed by atoms with E-state index in [2.05, 4.69) is 25.9 Å². The number of amides is 4. The summed E-state index contributed by atoms with van der Waals surface area (Å²) in [5.74, 6) is -4.41. The summed E-state index contributed by atoms with van der Waals surface area (Å²) in [5, 5.41) is 16.3. The van der Waals surface area contributed by atoms with Crippen LogP contribution in [0.2, 0.25) is 0 Å². The highest BCUT2D eigenvalue weighted by Gasteiger charge is 2.30. The van der Waals surface area contributed by atoms with Gasteiger partial charge in [0.25, 0.3) is 0 Å². The number of nitrogens with zero attached hydrogens (tertiary/aromatic N) is 1. The summed E-state index contributed by atoms with van der Waals surface area (Å²) in [6.07, 6.45) is 2.72. The van der Waals surface area contributed by atoms with Crippen LogP contribution in [0.5, 0.6) is 0 Å². The maximum atomic E-state index is 12.5. The molecule has 0 radical (unpaired) electrons. The molecule has 0 aromatic carbocycles. The average Bonchev–Trinajstić information content (AvgIpc) is 3.18.